The first-order valence-electron chi connectivity index (χ1n) is 12.9. The van der Waals surface area contributed by atoms with Gasteiger partial charge in [-0.1, -0.05) is 114 Å². The van der Waals surface area contributed by atoms with Crippen molar-refractivity contribution in [3.8, 4) is 0 Å². The molecule has 0 heterocycles. The van der Waals surface area contributed by atoms with Gasteiger partial charge in [0.05, 0.1) is 0 Å². The monoisotopic (exact) mass is 536 g/mol. The molecule has 0 radical (unpaired) electrons. The van der Waals surface area contributed by atoms with Gasteiger partial charge in [0, 0.05) is 41.8 Å². The molecule has 0 unspecified atom stereocenters. The maximum atomic E-state index is 13.8. The van der Waals surface area contributed by atoms with E-state index in [0.717, 1.165) is 19.6 Å². The summed E-state index contributed by atoms with van der Waals surface area (Å²) in [7, 11) is 0. The van der Waals surface area contributed by atoms with Gasteiger partial charge in [0.2, 0.25) is 0 Å². The normalized spacial score (nSPS) is 13.3. The minimum Gasteiger partial charge on any atom is -0.289 e. The summed E-state index contributed by atoms with van der Waals surface area (Å²) in [4.78, 5) is 31.4. The number of carbonyl (C=O) groups is 2. The molecular formula is C34H32O2S2. The van der Waals surface area contributed by atoms with Crippen molar-refractivity contribution in [2.24, 2.45) is 0 Å². The van der Waals surface area contributed by atoms with Crippen molar-refractivity contribution < 1.29 is 9.59 Å². The largest absolute Gasteiger partial charge is 0.289 e. The lowest BCUT2D eigenvalue weighted by Crippen LogP contribution is -2.22. The Morgan fingerprint density at radius 1 is 0.474 bits per heavy atom. The third-order valence-corrected chi connectivity index (χ3v) is 9.03. The molecule has 0 aliphatic heterocycles. The van der Waals surface area contributed by atoms with Crippen LogP contribution in [-0.2, 0) is 10.8 Å². The molecule has 1 aliphatic rings. The quantitative estimate of drug-likeness (QED) is 0.229. The lowest BCUT2D eigenvalue weighted by atomic mass is 9.84. The Morgan fingerprint density at radius 2 is 0.816 bits per heavy atom. The average Bonchev–Trinajstić information content (AvgIpc) is 2.87. The summed E-state index contributed by atoms with van der Waals surface area (Å²) in [5.74, 6) is -0.177. The standard InChI is InChI=1S/C34H32O2S2/c1-33(2,3)21-13-17-23(18-14-21)37-27-11-7-9-25-29(27)31(35)26-10-8-12-28(30(26)32(25)36)38-24-19-15-22(16-20-24)34(4,5)6/h7-20H,1-6H3. The SMILES string of the molecule is CC(C)(C)c1ccc(Sc2cccc3c2C(=O)c2cccc(Sc4ccc(C(C)(C)C)cc4)c2C3=O)cc1. The summed E-state index contributed by atoms with van der Waals surface area (Å²) in [6.07, 6.45) is 0. The molecule has 0 atom stereocenters. The molecule has 4 aromatic carbocycles. The van der Waals surface area contributed by atoms with Gasteiger partial charge in [-0.3, -0.25) is 9.59 Å². The Morgan fingerprint density at radius 3 is 1.13 bits per heavy atom. The second-order valence-corrected chi connectivity index (χ2v) is 14.0. The van der Waals surface area contributed by atoms with Crippen LogP contribution in [0.4, 0.5) is 0 Å². The van der Waals surface area contributed by atoms with Crippen molar-refractivity contribution >= 4 is 35.1 Å². The first-order valence-corrected chi connectivity index (χ1v) is 14.5. The Kier molecular flexibility index (Phi) is 6.91. The Bertz CT molecular complexity index is 1410. The molecule has 0 N–H and O–H groups in total. The van der Waals surface area contributed by atoms with E-state index in [-0.39, 0.29) is 22.4 Å². The zero-order valence-corrected chi connectivity index (χ0v) is 24.3. The summed E-state index contributed by atoms with van der Waals surface area (Å²) in [5.41, 5.74) is 4.64. The van der Waals surface area contributed by atoms with Crippen LogP contribution in [-0.4, -0.2) is 11.6 Å². The number of rotatable bonds is 4. The van der Waals surface area contributed by atoms with Crippen LogP contribution in [0.3, 0.4) is 0 Å². The smallest absolute Gasteiger partial charge is 0.195 e. The third kappa shape index (κ3) is 5.12. The molecule has 38 heavy (non-hydrogen) atoms. The molecule has 0 aromatic heterocycles. The van der Waals surface area contributed by atoms with Crippen molar-refractivity contribution in [2.45, 2.75) is 72.0 Å². The highest BCUT2D eigenvalue weighted by Crippen LogP contribution is 2.41. The first-order chi connectivity index (χ1) is 17.9. The van der Waals surface area contributed by atoms with E-state index in [1.165, 1.54) is 34.7 Å². The van der Waals surface area contributed by atoms with Gasteiger partial charge in [-0.25, -0.2) is 0 Å². The van der Waals surface area contributed by atoms with Crippen molar-refractivity contribution in [3.63, 3.8) is 0 Å². The van der Waals surface area contributed by atoms with Crippen molar-refractivity contribution in [2.75, 3.05) is 0 Å². The van der Waals surface area contributed by atoms with Gasteiger partial charge in [0.1, 0.15) is 0 Å². The fourth-order valence-corrected chi connectivity index (χ4v) is 6.60. The van der Waals surface area contributed by atoms with Gasteiger partial charge >= 0.3 is 0 Å². The van der Waals surface area contributed by atoms with Gasteiger partial charge in [0.15, 0.2) is 11.6 Å². The minimum absolute atomic E-state index is 0.0750. The molecule has 4 aromatic rings. The van der Waals surface area contributed by atoms with Crippen LogP contribution in [0.5, 0.6) is 0 Å². The van der Waals surface area contributed by atoms with Crippen LogP contribution < -0.4 is 0 Å². The molecule has 2 nitrogen and oxygen atoms in total. The zero-order valence-electron chi connectivity index (χ0n) is 22.7. The number of hydrogen-bond acceptors (Lipinski definition) is 4. The van der Waals surface area contributed by atoms with Crippen LogP contribution in [0.15, 0.2) is 105 Å². The highest BCUT2D eigenvalue weighted by Gasteiger charge is 2.33. The summed E-state index contributed by atoms with van der Waals surface area (Å²) in [6, 6.07) is 28.1. The van der Waals surface area contributed by atoms with Crippen LogP contribution in [0, 0.1) is 0 Å². The Balaban J connectivity index is 1.48. The van der Waals surface area contributed by atoms with Crippen LogP contribution >= 0.6 is 23.5 Å². The number of carbonyl (C=O) groups excluding carboxylic acids is 2. The van der Waals surface area contributed by atoms with Crippen LogP contribution in [0.2, 0.25) is 0 Å². The molecule has 192 valence electrons. The molecule has 4 heteroatoms. The van der Waals surface area contributed by atoms with E-state index in [1.54, 1.807) is 12.1 Å². The van der Waals surface area contributed by atoms with Gasteiger partial charge in [-0.15, -0.1) is 0 Å². The minimum atomic E-state index is -0.0884. The molecule has 0 saturated heterocycles. The summed E-state index contributed by atoms with van der Waals surface area (Å²) >= 11 is 3.07. The topological polar surface area (TPSA) is 34.1 Å². The average molecular weight is 537 g/mol. The fraction of sp³-hybridized carbons (Fsp3) is 0.235. The predicted molar refractivity (Wildman–Crippen MR) is 158 cm³/mol. The Hall–Kier alpha value is -3.08. The number of benzene rings is 4. The summed E-state index contributed by atoms with van der Waals surface area (Å²) in [6.45, 7) is 13.2. The predicted octanol–water partition coefficient (Wildman–Crippen LogP) is 9.36. The van der Waals surface area contributed by atoms with E-state index in [9.17, 15) is 9.59 Å². The van der Waals surface area contributed by atoms with E-state index in [0.29, 0.717) is 22.3 Å². The van der Waals surface area contributed by atoms with Crippen molar-refractivity contribution in [1.82, 2.24) is 0 Å². The van der Waals surface area contributed by atoms with Crippen LogP contribution in [0.25, 0.3) is 0 Å². The second-order valence-electron chi connectivity index (χ2n) is 11.8. The second kappa shape index (κ2) is 9.91. The van der Waals surface area contributed by atoms with Crippen molar-refractivity contribution in [1.29, 1.82) is 0 Å². The first kappa shape index (κ1) is 26.5. The number of hydrogen-bond donors (Lipinski definition) is 0. The molecule has 0 bridgehead atoms. The van der Waals surface area contributed by atoms with Crippen LogP contribution in [0.1, 0.15) is 84.5 Å². The highest BCUT2D eigenvalue weighted by molar-refractivity contribution is 7.99. The van der Waals surface area contributed by atoms with E-state index in [4.69, 9.17) is 0 Å². The zero-order chi connectivity index (χ0) is 27.2. The number of ketones is 2. The van der Waals surface area contributed by atoms with Gasteiger partial charge < -0.3 is 0 Å². The van der Waals surface area contributed by atoms with Crippen molar-refractivity contribution in [3.05, 3.63) is 118 Å². The fourth-order valence-electron chi connectivity index (χ4n) is 4.65. The highest BCUT2D eigenvalue weighted by atomic mass is 32.2. The molecule has 0 amide bonds. The van der Waals surface area contributed by atoms with Gasteiger partial charge in [-0.05, 0) is 58.4 Å². The maximum absolute atomic E-state index is 13.8. The van der Waals surface area contributed by atoms with E-state index >= 15 is 0 Å². The molecule has 1 aliphatic carbocycles. The maximum Gasteiger partial charge on any atom is 0.195 e. The Labute approximate surface area is 234 Å². The number of fused-ring (bicyclic) bond motifs is 2. The van der Waals surface area contributed by atoms with E-state index in [2.05, 4.69) is 90.1 Å². The summed E-state index contributed by atoms with van der Waals surface area (Å²) < 4.78 is 0. The molecular weight excluding hydrogens is 505 g/mol. The molecule has 0 saturated carbocycles. The van der Waals surface area contributed by atoms with Gasteiger partial charge in [0.25, 0.3) is 0 Å². The molecule has 0 spiro atoms. The summed E-state index contributed by atoms with van der Waals surface area (Å²) in [5, 5.41) is 0. The van der Waals surface area contributed by atoms with Gasteiger partial charge in [-0.2, -0.15) is 0 Å². The molecule has 5 rings (SSSR count). The van der Waals surface area contributed by atoms with E-state index in [1.807, 2.05) is 24.3 Å². The lowest BCUT2D eigenvalue weighted by molar-refractivity contribution is 0.0974. The lowest BCUT2D eigenvalue weighted by Gasteiger charge is -2.22. The molecule has 0 fully saturated rings. The third-order valence-electron chi connectivity index (χ3n) is 6.89. The van der Waals surface area contributed by atoms with E-state index < -0.39 is 0 Å².